The lowest BCUT2D eigenvalue weighted by Crippen LogP contribution is -2.46. The van der Waals surface area contributed by atoms with Crippen molar-refractivity contribution in [3.05, 3.63) is 0 Å². The normalized spacial score (nSPS) is 25.5. The number of likely N-dealkylation sites (tertiary alicyclic amines) is 1. The minimum absolute atomic E-state index is 0.626. The van der Waals surface area contributed by atoms with Gasteiger partial charge in [0, 0.05) is 12.6 Å². The molecule has 0 radical (unpaired) electrons. The Bertz CT molecular complexity index is 194. The van der Waals surface area contributed by atoms with Crippen LogP contribution in [0, 0.1) is 0 Å². The molecule has 0 bridgehead atoms. The first-order valence-corrected chi connectivity index (χ1v) is 5.08. The summed E-state index contributed by atoms with van der Waals surface area (Å²) in [7, 11) is 2.18. The molecule has 0 aromatic heterocycles. The largest absolute Gasteiger partial charge is 0.355 e. The Morgan fingerprint density at radius 2 is 2.23 bits per heavy atom. The van der Waals surface area contributed by atoms with Crippen molar-refractivity contribution < 1.29 is 0 Å². The second-order valence-electron chi connectivity index (χ2n) is 3.88. The van der Waals surface area contributed by atoms with Gasteiger partial charge in [0.2, 0.25) is 0 Å². The van der Waals surface area contributed by atoms with E-state index in [0.717, 1.165) is 19.0 Å². The van der Waals surface area contributed by atoms with Crippen LogP contribution in [0.1, 0.15) is 12.8 Å². The standard InChI is InChI=1S/C9H18N4/c1-13-6-2-8(3-7-13)12-9-10-4-5-11-9/h8H,2-7H2,1H3,(H2,10,11,12). The maximum Gasteiger partial charge on any atom is 0.191 e. The highest BCUT2D eigenvalue weighted by atomic mass is 15.2. The average molecular weight is 182 g/mol. The van der Waals surface area contributed by atoms with Crippen molar-refractivity contribution in [2.75, 3.05) is 33.2 Å². The molecule has 1 fully saturated rings. The molecule has 0 aromatic carbocycles. The van der Waals surface area contributed by atoms with Gasteiger partial charge in [-0.3, -0.25) is 4.99 Å². The van der Waals surface area contributed by atoms with Gasteiger partial charge in [0.05, 0.1) is 6.54 Å². The molecule has 0 atom stereocenters. The van der Waals surface area contributed by atoms with Crippen molar-refractivity contribution in [3.8, 4) is 0 Å². The zero-order valence-electron chi connectivity index (χ0n) is 8.21. The van der Waals surface area contributed by atoms with Gasteiger partial charge in [-0.2, -0.15) is 0 Å². The summed E-state index contributed by atoms with van der Waals surface area (Å²) in [6.07, 6.45) is 2.47. The molecule has 4 heteroatoms. The van der Waals surface area contributed by atoms with Gasteiger partial charge in [0.25, 0.3) is 0 Å². The van der Waals surface area contributed by atoms with Gasteiger partial charge in [-0.25, -0.2) is 0 Å². The van der Waals surface area contributed by atoms with Crippen LogP contribution in [0.5, 0.6) is 0 Å². The van der Waals surface area contributed by atoms with Crippen molar-refractivity contribution in [1.29, 1.82) is 0 Å². The number of hydrogen-bond acceptors (Lipinski definition) is 4. The van der Waals surface area contributed by atoms with Crippen LogP contribution in [0.2, 0.25) is 0 Å². The Kier molecular flexibility index (Phi) is 2.68. The first kappa shape index (κ1) is 8.81. The fraction of sp³-hybridized carbons (Fsp3) is 0.889. The van der Waals surface area contributed by atoms with Crippen molar-refractivity contribution in [3.63, 3.8) is 0 Å². The third-order valence-electron chi connectivity index (χ3n) is 2.73. The summed E-state index contributed by atoms with van der Waals surface area (Å²) in [5, 5.41) is 6.69. The highest BCUT2D eigenvalue weighted by Crippen LogP contribution is 2.07. The number of nitrogens with zero attached hydrogens (tertiary/aromatic N) is 2. The Labute approximate surface area is 79.4 Å². The first-order valence-electron chi connectivity index (χ1n) is 5.08. The highest BCUT2D eigenvalue weighted by Gasteiger charge is 2.18. The molecule has 74 valence electrons. The molecule has 0 aromatic rings. The predicted octanol–water partition coefficient (Wildman–Crippen LogP) is -0.371. The Hall–Kier alpha value is -0.770. The summed E-state index contributed by atoms with van der Waals surface area (Å²) < 4.78 is 0. The number of hydrogen-bond donors (Lipinski definition) is 2. The second kappa shape index (κ2) is 3.96. The third kappa shape index (κ3) is 2.34. The lowest BCUT2D eigenvalue weighted by atomic mass is 10.1. The van der Waals surface area contributed by atoms with Gasteiger partial charge in [-0.05, 0) is 33.0 Å². The summed E-state index contributed by atoms with van der Waals surface area (Å²) in [5.74, 6) is 1.01. The van der Waals surface area contributed by atoms with Crippen LogP contribution in [0.25, 0.3) is 0 Å². The summed E-state index contributed by atoms with van der Waals surface area (Å²) in [6.45, 7) is 4.32. The van der Waals surface area contributed by atoms with Gasteiger partial charge < -0.3 is 15.5 Å². The molecule has 0 aliphatic carbocycles. The van der Waals surface area contributed by atoms with Crippen LogP contribution in [0.3, 0.4) is 0 Å². The minimum Gasteiger partial charge on any atom is -0.355 e. The Morgan fingerprint density at radius 3 is 2.85 bits per heavy atom. The third-order valence-corrected chi connectivity index (χ3v) is 2.73. The smallest absolute Gasteiger partial charge is 0.191 e. The fourth-order valence-electron chi connectivity index (χ4n) is 1.84. The van der Waals surface area contributed by atoms with Crippen molar-refractivity contribution >= 4 is 5.96 Å². The SMILES string of the molecule is CN1CCC(NC2=NCCN2)CC1. The van der Waals surface area contributed by atoms with Crippen LogP contribution < -0.4 is 10.6 Å². The van der Waals surface area contributed by atoms with Crippen molar-refractivity contribution in [2.45, 2.75) is 18.9 Å². The molecule has 0 spiro atoms. The fourth-order valence-corrected chi connectivity index (χ4v) is 1.84. The molecule has 13 heavy (non-hydrogen) atoms. The van der Waals surface area contributed by atoms with E-state index in [4.69, 9.17) is 0 Å². The topological polar surface area (TPSA) is 39.7 Å². The van der Waals surface area contributed by atoms with Crippen LogP contribution in [0.15, 0.2) is 4.99 Å². The molecule has 0 unspecified atom stereocenters. The molecule has 2 rings (SSSR count). The van der Waals surface area contributed by atoms with E-state index in [0.29, 0.717) is 6.04 Å². The summed E-state index contributed by atoms with van der Waals surface area (Å²) in [4.78, 5) is 6.71. The number of guanidine groups is 1. The average Bonchev–Trinajstić information content (AvgIpc) is 2.62. The van der Waals surface area contributed by atoms with E-state index < -0.39 is 0 Å². The molecule has 2 aliphatic rings. The maximum absolute atomic E-state index is 4.33. The second-order valence-corrected chi connectivity index (χ2v) is 3.88. The van der Waals surface area contributed by atoms with E-state index in [-0.39, 0.29) is 0 Å². The summed E-state index contributed by atoms with van der Waals surface area (Å²) >= 11 is 0. The van der Waals surface area contributed by atoms with Crippen molar-refractivity contribution in [1.82, 2.24) is 15.5 Å². The molecule has 2 heterocycles. The number of piperidine rings is 1. The van der Waals surface area contributed by atoms with Crippen LogP contribution in [0.4, 0.5) is 0 Å². The van der Waals surface area contributed by atoms with Crippen LogP contribution >= 0.6 is 0 Å². The highest BCUT2D eigenvalue weighted by molar-refractivity contribution is 5.81. The molecular weight excluding hydrogens is 164 g/mol. The Balaban J connectivity index is 1.75. The zero-order chi connectivity index (χ0) is 9.10. The van der Waals surface area contributed by atoms with E-state index in [1.165, 1.54) is 25.9 Å². The van der Waals surface area contributed by atoms with Crippen LogP contribution in [-0.4, -0.2) is 50.1 Å². The predicted molar refractivity (Wildman–Crippen MR) is 54.0 cm³/mol. The lowest BCUT2D eigenvalue weighted by molar-refractivity contribution is 0.246. The van der Waals surface area contributed by atoms with Crippen LogP contribution in [-0.2, 0) is 0 Å². The first-order chi connectivity index (χ1) is 6.34. The van der Waals surface area contributed by atoms with E-state index in [9.17, 15) is 0 Å². The van der Waals surface area contributed by atoms with E-state index in [2.05, 4.69) is 27.6 Å². The summed E-state index contributed by atoms with van der Waals surface area (Å²) in [5.41, 5.74) is 0. The molecule has 0 amide bonds. The minimum atomic E-state index is 0.626. The van der Waals surface area contributed by atoms with Gasteiger partial charge in [0.15, 0.2) is 5.96 Å². The Morgan fingerprint density at radius 1 is 1.46 bits per heavy atom. The molecule has 2 N–H and O–H groups in total. The molecular formula is C9H18N4. The lowest BCUT2D eigenvalue weighted by Gasteiger charge is -2.29. The molecule has 1 saturated heterocycles. The van der Waals surface area contributed by atoms with E-state index >= 15 is 0 Å². The maximum atomic E-state index is 4.33. The number of nitrogens with one attached hydrogen (secondary N) is 2. The van der Waals surface area contributed by atoms with Gasteiger partial charge in [0.1, 0.15) is 0 Å². The zero-order valence-corrected chi connectivity index (χ0v) is 8.21. The van der Waals surface area contributed by atoms with Gasteiger partial charge >= 0.3 is 0 Å². The number of rotatable bonds is 1. The van der Waals surface area contributed by atoms with Crippen molar-refractivity contribution in [2.24, 2.45) is 4.99 Å². The molecule has 2 aliphatic heterocycles. The van der Waals surface area contributed by atoms with E-state index in [1.54, 1.807) is 0 Å². The summed E-state index contributed by atoms with van der Waals surface area (Å²) in [6, 6.07) is 0.626. The quantitative estimate of drug-likeness (QED) is 0.581. The molecule has 4 nitrogen and oxygen atoms in total. The number of aliphatic imine (C=N–C) groups is 1. The molecule has 0 saturated carbocycles. The monoisotopic (exact) mass is 182 g/mol. The van der Waals surface area contributed by atoms with E-state index in [1.807, 2.05) is 0 Å². The van der Waals surface area contributed by atoms with Gasteiger partial charge in [-0.1, -0.05) is 0 Å². The van der Waals surface area contributed by atoms with Gasteiger partial charge in [-0.15, -0.1) is 0 Å².